The van der Waals surface area contributed by atoms with Crippen molar-refractivity contribution >= 4 is 17.7 Å². The van der Waals surface area contributed by atoms with Crippen molar-refractivity contribution in [3.05, 3.63) is 40.9 Å². The number of fused-ring (bicyclic) bond motifs is 1. The van der Waals surface area contributed by atoms with Crippen molar-refractivity contribution in [3.8, 4) is 0 Å². The molecule has 0 bridgehead atoms. The van der Waals surface area contributed by atoms with Crippen LogP contribution < -0.4 is 16.4 Å². The van der Waals surface area contributed by atoms with Crippen molar-refractivity contribution in [2.75, 3.05) is 13.6 Å². The number of amides is 3. The molecule has 1 aliphatic heterocycles. The number of pyridine rings is 1. The van der Waals surface area contributed by atoms with Crippen LogP contribution in [0.1, 0.15) is 58.7 Å². The highest BCUT2D eigenvalue weighted by molar-refractivity contribution is 6.34. The van der Waals surface area contributed by atoms with Crippen LogP contribution in [0, 0.1) is 6.92 Å². The minimum atomic E-state index is -1.06. The molecule has 2 aromatic heterocycles. The Morgan fingerprint density at radius 3 is 2.69 bits per heavy atom. The van der Waals surface area contributed by atoms with Gasteiger partial charge in [-0.1, -0.05) is 6.07 Å². The van der Waals surface area contributed by atoms with Gasteiger partial charge in [0.25, 0.3) is 5.91 Å². The van der Waals surface area contributed by atoms with Gasteiger partial charge in [0.05, 0.1) is 6.04 Å². The zero-order valence-corrected chi connectivity index (χ0v) is 18.1. The average Bonchev–Trinajstić information content (AvgIpc) is 3.20. The van der Waals surface area contributed by atoms with Crippen LogP contribution in [0.25, 0.3) is 0 Å². The Morgan fingerprint density at radius 2 is 1.97 bits per heavy atom. The SMILES string of the molecule is Cc1nnc([C@H]2CC[C@H](NC(=O)C(N)=O)[C@H](NC(=O)c3ccc4c(n3)CCN(C)C4)C2)o1. The molecule has 2 aliphatic rings. The van der Waals surface area contributed by atoms with Crippen molar-refractivity contribution < 1.29 is 18.8 Å². The smallest absolute Gasteiger partial charge is 0.309 e. The van der Waals surface area contributed by atoms with Crippen molar-refractivity contribution in [1.82, 2.24) is 30.7 Å². The standard InChI is InChI=1S/C21H27N7O4/c1-11-26-27-21(32-11)12-3-5-15(24-20(31)18(22)29)17(9-12)25-19(30)16-6-4-13-10-28(2)8-7-14(13)23-16/h4,6,12,15,17H,3,5,7-10H2,1-2H3,(H2,22,29)(H,24,31)(H,25,30)/t12-,15-,17+/m0/s1. The normalized spacial score (nSPS) is 23.2. The summed E-state index contributed by atoms with van der Waals surface area (Å²) in [6.45, 7) is 3.41. The number of aromatic nitrogens is 3. The molecule has 1 fully saturated rings. The molecule has 0 spiro atoms. The second kappa shape index (κ2) is 9.03. The molecule has 3 amide bonds. The summed E-state index contributed by atoms with van der Waals surface area (Å²) in [5, 5.41) is 13.6. The van der Waals surface area contributed by atoms with Crippen LogP contribution in [0.4, 0.5) is 0 Å². The van der Waals surface area contributed by atoms with Crippen LogP contribution in [0.2, 0.25) is 0 Å². The summed E-state index contributed by atoms with van der Waals surface area (Å²) in [5.74, 6) is -1.39. The molecule has 1 saturated carbocycles. The fourth-order valence-corrected chi connectivity index (χ4v) is 4.37. The van der Waals surface area contributed by atoms with E-state index >= 15 is 0 Å². The van der Waals surface area contributed by atoms with Crippen LogP contribution in [-0.4, -0.2) is 63.5 Å². The Morgan fingerprint density at radius 1 is 1.16 bits per heavy atom. The van der Waals surface area contributed by atoms with Crippen LogP contribution in [-0.2, 0) is 22.6 Å². The number of hydrogen-bond donors (Lipinski definition) is 3. The molecular formula is C21H27N7O4. The van der Waals surface area contributed by atoms with Crippen molar-refractivity contribution in [1.29, 1.82) is 0 Å². The lowest BCUT2D eigenvalue weighted by atomic mass is 9.82. The van der Waals surface area contributed by atoms with Gasteiger partial charge in [0.2, 0.25) is 11.8 Å². The van der Waals surface area contributed by atoms with E-state index in [9.17, 15) is 14.4 Å². The summed E-state index contributed by atoms with van der Waals surface area (Å²) in [7, 11) is 2.05. The number of carbonyl (C=O) groups is 3. The van der Waals surface area contributed by atoms with Gasteiger partial charge in [0.1, 0.15) is 5.69 Å². The van der Waals surface area contributed by atoms with E-state index in [4.69, 9.17) is 10.2 Å². The van der Waals surface area contributed by atoms with Crippen LogP contribution in [0.15, 0.2) is 16.5 Å². The predicted octanol–water partition coefficient (Wildman–Crippen LogP) is -0.203. The van der Waals surface area contributed by atoms with E-state index in [1.165, 1.54) is 0 Å². The third-order valence-corrected chi connectivity index (χ3v) is 6.07. The highest BCUT2D eigenvalue weighted by Crippen LogP contribution is 2.32. The van der Waals surface area contributed by atoms with Crippen LogP contribution in [0.3, 0.4) is 0 Å². The number of nitrogens with zero attached hydrogens (tertiary/aromatic N) is 4. The average molecular weight is 441 g/mol. The Labute approximate surface area is 185 Å². The Bertz CT molecular complexity index is 1040. The lowest BCUT2D eigenvalue weighted by molar-refractivity contribution is -0.138. The number of hydrogen-bond acceptors (Lipinski definition) is 8. The summed E-state index contributed by atoms with van der Waals surface area (Å²) in [4.78, 5) is 43.0. The Hall–Kier alpha value is -3.34. The van der Waals surface area contributed by atoms with E-state index in [1.54, 1.807) is 13.0 Å². The van der Waals surface area contributed by atoms with Crippen molar-refractivity contribution in [2.45, 2.75) is 57.2 Å². The molecule has 0 aromatic carbocycles. The molecule has 11 heteroatoms. The number of primary amides is 1. The summed E-state index contributed by atoms with van der Waals surface area (Å²) < 4.78 is 5.57. The molecule has 4 rings (SSSR count). The van der Waals surface area contributed by atoms with E-state index < -0.39 is 23.9 Å². The van der Waals surface area contributed by atoms with Crippen molar-refractivity contribution in [3.63, 3.8) is 0 Å². The maximum absolute atomic E-state index is 13.0. The minimum absolute atomic E-state index is 0.0738. The topological polar surface area (TPSA) is 156 Å². The number of likely N-dealkylation sites (N-methyl/N-ethyl adjacent to an activating group) is 1. The first kappa shape index (κ1) is 21.9. The zero-order valence-electron chi connectivity index (χ0n) is 18.1. The van der Waals surface area contributed by atoms with Gasteiger partial charge in [-0.3, -0.25) is 14.4 Å². The predicted molar refractivity (Wildman–Crippen MR) is 112 cm³/mol. The largest absolute Gasteiger partial charge is 0.425 e. The Kier molecular flexibility index (Phi) is 6.17. The van der Waals surface area contributed by atoms with E-state index in [0.717, 1.165) is 30.8 Å². The summed E-state index contributed by atoms with van der Waals surface area (Å²) >= 11 is 0. The second-order valence-corrected chi connectivity index (χ2v) is 8.48. The number of nitrogens with two attached hydrogens (primary N) is 1. The number of carbonyl (C=O) groups excluding carboxylic acids is 3. The third-order valence-electron chi connectivity index (χ3n) is 6.07. The molecule has 170 valence electrons. The second-order valence-electron chi connectivity index (χ2n) is 8.48. The molecule has 11 nitrogen and oxygen atoms in total. The summed E-state index contributed by atoms with van der Waals surface area (Å²) in [6, 6.07) is 2.74. The van der Waals surface area contributed by atoms with Gasteiger partial charge in [-0.2, -0.15) is 0 Å². The first-order chi connectivity index (χ1) is 15.3. The first-order valence-corrected chi connectivity index (χ1v) is 10.7. The van der Waals surface area contributed by atoms with Gasteiger partial charge >= 0.3 is 11.8 Å². The van der Waals surface area contributed by atoms with Gasteiger partial charge in [0, 0.05) is 44.1 Å². The lowest BCUT2D eigenvalue weighted by Gasteiger charge is -2.35. The zero-order chi connectivity index (χ0) is 22.8. The van der Waals surface area contributed by atoms with Gasteiger partial charge in [-0.15, -0.1) is 10.2 Å². The fraction of sp³-hybridized carbons (Fsp3) is 0.524. The molecule has 3 atom stereocenters. The number of rotatable bonds is 4. The molecule has 0 saturated heterocycles. The van der Waals surface area contributed by atoms with Crippen LogP contribution >= 0.6 is 0 Å². The highest BCUT2D eigenvalue weighted by Gasteiger charge is 2.36. The van der Waals surface area contributed by atoms with Gasteiger partial charge in [-0.05, 0) is 37.9 Å². The molecule has 1 aliphatic carbocycles. The molecular weight excluding hydrogens is 414 g/mol. The molecule has 0 radical (unpaired) electrons. The highest BCUT2D eigenvalue weighted by atomic mass is 16.4. The number of nitrogens with one attached hydrogen (secondary N) is 2. The van der Waals surface area contributed by atoms with Gasteiger partial charge in [0.15, 0.2) is 0 Å². The molecule has 0 unspecified atom stereocenters. The molecule has 3 heterocycles. The number of aryl methyl sites for hydroxylation is 1. The minimum Gasteiger partial charge on any atom is -0.425 e. The maximum atomic E-state index is 13.0. The third kappa shape index (κ3) is 4.77. The summed E-state index contributed by atoms with van der Waals surface area (Å²) in [5.41, 5.74) is 7.47. The lowest BCUT2D eigenvalue weighted by Crippen LogP contribution is -2.56. The molecule has 4 N–H and O–H groups in total. The monoisotopic (exact) mass is 441 g/mol. The molecule has 2 aromatic rings. The summed E-state index contributed by atoms with van der Waals surface area (Å²) in [6.07, 6.45) is 2.42. The van der Waals surface area contributed by atoms with E-state index in [2.05, 4.69) is 37.8 Å². The van der Waals surface area contributed by atoms with Crippen LogP contribution in [0.5, 0.6) is 0 Å². The van der Waals surface area contributed by atoms with Gasteiger partial charge < -0.3 is 25.7 Å². The Balaban J connectivity index is 1.51. The fourth-order valence-electron chi connectivity index (χ4n) is 4.37. The van der Waals surface area contributed by atoms with E-state index in [1.807, 2.05) is 6.07 Å². The molecule has 32 heavy (non-hydrogen) atoms. The quantitative estimate of drug-likeness (QED) is 0.551. The van der Waals surface area contributed by atoms with Crippen molar-refractivity contribution in [2.24, 2.45) is 5.73 Å². The first-order valence-electron chi connectivity index (χ1n) is 10.7. The maximum Gasteiger partial charge on any atom is 0.309 e. The van der Waals surface area contributed by atoms with Gasteiger partial charge in [-0.25, -0.2) is 4.98 Å². The van der Waals surface area contributed by atoms with E-state index in [0.29, 0.717) is 36.7 Å². The van der Waals surface area contributed by atoms with E-state index in [-0.39, 0.29) is 11.8 Å².